The molecule has 0 saturated carbocycles. The molecule has 5 heterocycles. The number of carbonyl (C=O) groups excluding carboxylic acids is 1. The molecule has 324 valence electrons. The number of pyridine rings is 1. The van der Waals surface area contributed by atoms with Crippen molar-refractivity contribution >= 4 is 27.8 Å². The summed E-state index contributed by atoms with van der Waals surface area (Å²) in [5.74, 6) is -1.33. The molecule has 3 saturated heterocycles. The summed E-state index contributed by atoms with van der Waals surface area (Å²) in [4.78, 5) is 41.2. The number of rotatable bonds is 13. The molecule has 0 radical (unpaired) electrons. The quantitative estimate of drug-likeness (QED) is 0.115. The van der Waals surface area contributed by atoms with Gasteiger partial charge in [-0.2, -0.15) is 4.98 Å². The largest absolute Gasteiger partial charge is 0.490 e. The number of alkyl halides is 1. The molecule has 15 heteroatoms. The van der Waals surface area contributed by atoms with Gasteiger partial charge in [-0.25, -0.2) is 18.0 Å². The van der Waals surface area contributed by atoms with Crippen LogP contribution in [0.4, 0.5) is 18.0 Å². The number of fused-ring (bicyclic) bond motifs is 3. The first-order valence-corrected chi connectivity index (χ1v) is 21.1. The smallest absolute Gasteiger partial charge is 0.410 e. The van der Waals surface area contributed by atoms with Crippen molar-refractivity contribution in [1.82, 2.24) is 24.8 Å². The third-order valence-corrected chi connectivity index (χ3v) is 11.6. The third-order valence-electron chi connectivity index (χ3n) is 11.6. The van der Waals surface area contributed by atoms with E-state index < -0.39 is 34.5 Å². The van der Waals surface area contributed by atoms with Crippen LogP contribution in [0.15, 0.2) is 65.6 Å². The molecule has 12 nitrogen and oxygen atoms in total. The number of nitrogens with zero attached hydrogens (tertiary/aromatic N) is 4. The lowest BCUT2D eigenvalue weighted by Gasteiger charge is -2.30. The van der Waals surface area contributed by atoms with E-state index in [-0.39, 0.29) is 71.3 Å². The second-order valence-corrected chi connectivity index (χ2v) is 17.3. The molecule has 1 amide bonds. The summed E-state index contributed by atoms with van der Waals surface area (Å²) in [5, 5.41) is 0.644. The van der Waals surface area contributed by atoms with Crippen molar-refractivity contribution in [3.63, 3.8) is 0 Å². The molecular weight excluding hydrogens is 792 g/mol. The number of ether oxygens (including phenoxy) is 5. The molecule has 61 heavy (non-hydrogen) atoms. The van der Waals surface area contributed by atoms with Crippen LogP contribution >= 0.6 is 0 Å². The summed E-state index contributed by atoms with van der Waals surface area (Å²) >= 11 is 0. The van der Waals surface area contributed by atoms with E-state index in [0.717, 1.165) is 44.2 Å². The number of likely N-dealkylation sites (tertiary alicyclic amines) is 1. The molecule has 3 aliphatic rings. The highest BCUT2D eigenvalue weighted by Gasteiger charge is 2.49. The molecule has 3 fully saturated rings. The predicted molar refractivity (Wildman–Crippen MR) is 224 cm³/mol. The van der Waals surface area contributed by atoms with Crippen molar-refractivity contribution in [1.29, 1.82) is 0 Å². The lowest BCUT2D eigenvalue weighted by atomic mass is 9.95. The summed E-state index contributed by atoms with van der Waals surface area (Å²) in [6, 6.07) is 15.5. The molecule has 0 unspecified atom stereocenters. The Labute approximate surface area is 352 Å². The Bertz CT molecular complexity index is 2430. The Morgan fingerprint density at radius 1 is 0.984 bits per heavy atom. The maximum absolute atomic E-state index is 17.0. The van der Waals surface area contributed by atoms with Crippen LogP contribution in [0.5, 0.6) is 17.5 Å². The molecule has 1 N–H and O–H groups in total. The van der Waals surface area contributed by atoms with Gasteiger partial charge in [-0.1, -0.05) is 36.4 Å². The topological polar surface area (TPSA) is 128 Å². The summed E-state index contributed by atoms with van der Waals surface area (Å²) in [7, 11) is 0. The number of H-pyrrole nitrogens is 1. The van der Waals surface area contributed by atoms with Crippen LogP contribution in [0.1, 0.15) is 71.3 Å². The maximum Gasteiger partial charge on any atom is 0.410 e. The fraction of sp³-hybridized carbons (Fsp3) is 0.478. The highest BCUT2D eigenvalue weighted by Crippen LogP contribution is 2.42. The molecule has 3 aromatic carbocycles. The number of aromatic amines is 1. The number of aromatic nitrogens is 3. The van der Waals surface area contributed by atoms with Crippen LogP contribution in [0, 0.1) is 11.6 Å². The van der Waals surface area contributed by atoms with Gasteiger partial charge in [0.1, 0.15) is 41.9 Å². The molecule has 0 aliphatic carbocycles. The van der Waals surface area contributed by atoms with Crippen LogP contribution in [0.3, 0.4) is 0 Å². The first-order chi connectivity index (χ1) is 29.4. The summed E-state index contributed by atoms with van der Waals surface area (Å²) in [6.45, 7) is 8.24. The number of benzene rings is 3. The molecule has 2 aromatic heterocycles. The maximum atomic E-state index is 17.0. The Morgan fingerprint density at radius 3 is 2.64 bits per heavy atom. The molecule has 3 atom stereocenters. The second-order valence-electron chi connectivity index (χ2n) is 17.3. The Balaban J connectivity index is 1.06. The average Bonchev–Trinajstić information content (AvgIpc) is 3.64. The van der Waals surface area contributed by atoms with Gasteiger partial charge in [0.05, 0.1) is 36.8 Å². The van der Waals surface area contributed by atoms with E-state index in [9.17, 15) is 14.0 Å². The number of hydrogen-bond donors (Lipinski definition) is 1. The zero-order valence-electron chi connectivity index (χ0n) is 34.8. The predicted octanol–water partition coefficient (Wildman–Crippen LogP) is 8.53. The number of nitrogens with one attached hydrogen (secondary N) is 1. The van der Waals surface area contributed by atoms with Crippen LogP contribution in [-0.4, -0.2) is 100 Å². The van der Waals surface area contributed by atoms with E-state index in [1.54, 1.807) is 23.1 Å². The lowest BCUT2D eigenvalue weighted by molar-refractivity contribution is -0.000906. The van der Waals surface area contributed by atoms with Crippen molar-refractivity contribution in [3.8, 4) is 28.8 Å². The number of amides is 1. The van der Waals surface area contributed by atoms with E-state index in [1.165, 1.54) is 12.3 Å². The minimum absolute atomic E-state index is 0.0670. The van der Waals surface area contributed by atoms with E-state index in [1.807, 2.05) is 51.1 Å². The van der Waals surface area contributed by atoms with Gasteiger partial charge in [-0.05, 0) is 88.6 Å². The fourth-order valence-corrected chi connectivity index (χ4v) is 8.70. The summed E-state index contributed by atoms with van der Waals surface area (Å²) in [6.07, 6.45) is 4.58. The normalized spacial score (nSPS) is 20.8. The van der Waals surface area contributed by atoms with Crippen molar-refractivity contribution in [2.75, 3.05) is 46.0 Å². The minimum Gasteiger partial charge on any atom is -0.490 e. The first-order valence-electron chi connectivity index (χ1n) is 21.1. The zero-order valence-corrected chi connectivity index (χ0v) is 34.8. The van der Waals surface area contributed by atoms with Gasteiger partial charge in [0.15, 0.2) is 17.4 Å². The monoisotopic (exact) mass is 843 g/mol. The molecule has 0 spiro atoms. The molecule has 5 aromatic rings. The van der Waals surface area contributed by atoms with Gasteiger partial charge in [0.2, 0.25) is 0 Å². The van der Waals surface area contributed by atoms with Gasteiger partial charge in [0, 0.05) is 43.1 Å². The van der Waals surface area contributed by atoms with Crippen molar-refractivity contribution in [2.45, 2.75) is 95.7 Å². The standard InChI is InChI=1S/C46H52F3N5O7/c1-45(2,3)61-44(56)53-17-8-7-13-32(26-53)57-19-10-20-58-41-36(48)15-14-30-21-33(59-27-29-11-5-4-6-12-29)22-34(37(30)41)39-38(49)40-35(24-50-39)42(55)52-43(51-40)60-28-46-16-9-18-54(46)25-31(47)23-46/h4-6,11-12,14-15,21-22,24,31-32H,7-10,13,16-20,23,25-28H2,1-3H3,(H,51,52,55)/t31-,32-,46+/m1/s1. The zero-order chi connectivity index (χ0) is 42.7. The van der Waals surface area contributed by atoms with Gasteiger partial charge in [-0.15, -0.1) is 0 Å². The minimum atomic E-state index is -0.974. The molecule has 0 bridgehead atoms. The van der Waals surface area contributed by atoms with Crippen LogP contribution in [-0.2, 0) is 16.1 Å². The highest BCUT2D eigenvalue weighted by molar-refractivity contribution is 6.02. The Hall–Kier alpha value is -5.41. The van der Waals surface area contributed by atoms with Crippen molar-refractivity contribution in [2.24, 2.45) is 0 Å². The van der Waals surface area contributed by atoms with Crippen molar-refractivity contribution in [3.05, 3.63) is 88.3 Å². The van der Waals surface area contributed by atoms with Crippen LogP contribution in [0.25, 0.3) is 32.9 Å². The summed E-state index contributed by atoms with van der Waals surface area (Å²) < 4.78 is 77.4. The Kier molecular flexibility index (Phi) is 12.4. The lowest BCUT2D eigenvalue weighted by Crippen LogP contribution is -2.43. The highest BCUT2D eigenvalue weighted by atomic mass is 19.1. The van der Waals surface area contributed by atoms with E-state index in [4.69, 9.17) is 23.7 Å². The fourth-order valence-electron chi connectivity index (χ4n) is 8.70. The number of carbonyl (C=O) groups is 1. The number of halogens is 3. The van der Waals surface area contributed by atoms with E-state index in [0.29, 0.717) is 50.2 Å². The van der Waals surface area contributed by atoms with E-state index >= 15 is 8.78 Å². The molecular formula is C46H52F3N5O7. The second kappa shape index (κ2) is 17.9. The number of hydrogen-bond acceptors (Lipinski definition) is 10. The van der Waals surface area contributed by atoms with E-state index in [2.05, 4.69) is 19.9 Å². The van der Waals surface area contributed by atoms with Crippen molar-refractivity contribution < 1.29 is 41.7 Å². The molecule has 8 rings (SSSR count). The molecule has 3 aliphatic heterocycles. The SMILES string of the molecule is CC(C)(C)OC(=O)N1CCCC[C@@H](OCCCOc2c(F)ccc3cc(OCc4ccccc4)cc(-c4ncc5c(=O)[nH]c(OC[C@@]67CCCN6C[C@H](F)C7)nc5c4F)c23)C1. The summed E-state index contributed by atoms with van der Waals surface area (Å²) in [5.41, 5.74) is -1.20. The van der Waals surface area contributed by atoms with Gasteiger partial charge in [0.25, 0.3) is 11.6 Å². The Morgan fingerprint density at radius 2 is 1.82 bits per heavy atom. The van der Waals surface area contributed by atoms with Gasteiger partial charge in [-0.3, -0.25) is 19.7 Å². The van der Waals surface area contributed by atoms with Gasteiger partial charge < -0.3 is 28.6 Å². The average molecular weight is 844 g/mol. The van der Waals surface area contributed by atoms with Gasteiger partial charge >= 0.3 is 6.09 Å². The van der Waals surface area contributed by atoms with Crippen LogP contribution < -0.4 is 19.8 Å². The van der Waals surface area contributed by atoms with Crippen LogP contribution in [0.2, 0.25) is 0 Å². The first kappa shape index (κ1) is 42.3. The third kappa shape index (κ3) is 9.57.